The van der Waals surface area contributed by atoms with Gasteiger partial charge in [0.25, 0.3) is 0 Å². The lowest BCUT2D eigenvalue weighted by Crippen LogP contribution is -1.94. The molecule has 0 amide bonds. The molecule has 0 aliphatic rings. The molecular formula is C20H19ClN2O. The van der Waals surface area contributed by atoms with Crippen LogP contribution in [0.15, 0.2) is 59.7 Å². The van der Waals surface area contributed by atoms with Crippen LogP contribution in [0.5, 0.6) is 5.75 Å². The van der Waals surface area contributed by atoms with Gasteiger partial charge in [0.2, 0.25) is 0 Å². The number of hydrogen-bond acceptors (Lipinski definition) is 2. The average Bonchev–Trinajstić information content (AvgIpc) is 2.97. The molecule has 4 heteroatoms. The highest BCUT2D eigenvalue weighted by atomic mass is 35.5. The molecule has 0 fully saturated rings. The second kappa shape index (κ2) is 6.93. The minimum absolute atomic E-state index is 0.733. The lowest BCUT2D eigenvalue weighted by Gasteiger charge is -2.06. The number of nitrogens with zero attached hydrogens (tertiary/aromatic N) is 2. The number of aryl methyl sites for hydroxylation is 1. The summed E-state index contributed by atoms with van der Waals surface area (Å²) in [4.78, 5) is 4.57. The molecule has 1 aromatic heterocycles. The Labute approximate surface area is 147 Å². The molecule has 1 heterocycles. The van der Waals surface area contributed by atoms with Gasteiger partial charge in [-0.15, -0.1) is 0 Å². The van der Waals surface area contributed by atoms with Gasteiger partial charge < -0.3 is 9.30 Å². The van der Waals surface area contributed by atoms with Gasteiger partial charge in [-0.2, -0.15) is 0 Å². The maximum atomic E-state index is 6.14. The van der Waals surface area contributed by atoms with E-state index in [1.54, 1.807) is 7.11 Å². The van der Waals surface area contributed by atoms with Crippen LogP contribution in [0.25, 0.3) is 5.69 Å². The van der Waals surface area contributed by atoms with Crippen molar-refractivity contribution in [3.05, 3.63) is 76.6 Å². The van der Waals surface area contributed by atoms with Crippen molar-refractivity contribution in [3.63, 3.8) is 0 Å². The largest absolute Gasteiger partial charge is 0.497 e. The molecule has 0 bridgehead atoms. The zero-order chi connectivity index (χ0) is 17.1. The zero-order valence-electron chi connectivity index (χ0n) is 14.0. The van der Waals surface area contributed by atoms with E-state index in [0.29, 0.717) is 0 Å². The monoisotopic (exact) mass is 338 g/mol. The Kier molecular flexibility index (Phi) is 4.72. The van der Waals surface area contributed by atoms with Gasteiger partial charge in [0.1, 0.15) is 5.75 Å². The predicted molar refractivity (Wildman–Crippen MR) is 101 cm³/mol. The van der Waals surface area contributed by atoms with Crippen molar-refractivity contribution < 1.29 is 4.74 Å². The van der Waals surface area contributed by atoms with Crippen LogP contribution in [0.2, 0.25) is 5.02 Å². The van der Waals surface area contributed by atoms with Crippen LogP contribution in [0, 0.1) is 13.8 Å². The molecule has 3 rings (SSSR count). The van der Waals surface area contributed by atoms with E-state index in [1.807, 2.05) is 55.6 Å². The van der Waals surface area contributed by atoms with Crippen molar-refractivity contribution in [2.45, 2.75) is 13.8 Å². The molecule has 0 N–H and O–H groups in total. The Morgan fingerprint density at radius 2 is 1.83 bits per heavy atom. The fourth-order valence-corrected chi connectivity index (χ4v) is 2.74. The molecule has 2 aromatic carbocycles. The van der Waals surface area contributed by atoms with E-state index >= 15 is 0 Å². The highest BCUT2D eigenvalue weighted by molar-refractivity contribution is 6.31. The lowest BCUT2D eigenvalue weighted by atomic mass is 10.2. The average molecular weight is 339 g/mol. The second-order valence-electron chi connectivity index (χ2n) is 5.63. The first-order chi connectivity index (χ1) is 11.6. The number of halogens is 1. The van der Waals surface area contributed by atoms with Crippen LogP contribution in [-0.2, 0) is 0 Å². The molecule has 0 radical (unpaired) electrons. The van der Waals surface area contributed by atoms with E-state index in [1.165, 1.54) is 0 Å². The van der Waals surface area contributed by atoms with Gasteiger partial charge in [-0.25, -0.2) is 0 Å². The van der Waals surface area contributed by atoms with Crippen LogP contribution in [0.4, 0.5) is 5.69 Å². The van der Waals surface area contributed by atoms with Crippen LogP contribution >= 0.6 is 11.6 Å². The summed E-state index contributed by atoms with van der Waals surface area (Å²) in [5.74, 6) is 0.849. The first kappa shape index (κ1) is 16.3. The van der Waals surface area contributed by atoms with Crippen LogP contribution in [0.3, 0.4) is 0 Å². The van der Waals surface area contributed by atoms with Crippen molar-refractivity contribution >= 4 is 23.5 Å². The molecule has 0 aliphatic heterocycles. The van der Waals surface area contributed by atoms with Gasteiger partial charge in [0.05, 0.1) is 12.8 Å². The van der Waals surface area contributed by atoms with E-state index < -0.39 is 0 Å². The van der Waals surface area contributed by atoms with Crippen molar-refractivity contribution in [3.8, 4) is 11.4 Å². The van der Waals surface area contributed by atoms with Gasteiger partial charge in [-0.05, 0) is 61.9 Å². The third-order valence-electron chi connectivity index (χ3n) is 3.98. The molecule has 122 valence electrons. The summed E-state index contributed by atoms with van der Waals surface area (Å²) in [6, 6.07) is 15.8. The molecule has 3 nitrogen and oxygen atoms in total. The summed E-state index contributed by atoms with van der Waals surface area (Å²) in [6.45, 7) is 4.05. The fourth-order valence-electron chi connectivity index (χ4n) is 2.57. The zero-order valence-corrected chi connectivity index (χ0v) is 14.7. The van der Waals surface area contributed by atoms with Crippen LogP contribution < -0.4 is 4.74 Å². The fraction of sp³-hybridized carbons (Fsp3) is 0.150. The van der Waals surface area contributed by atoms with Gasteiger partial charge in [-0.3, -0.25) is 4.99 Å². The molecule has 24 heavy (non-hydrogen) atoms. The maximum absolute atomic E-state index is 6.14. The summed E-state index contributed by atoms with van der Waals surface area (Å²) in [7, 11) is 1.67. The van der Waals surface area contributed by atoms with E-state index in [4.69, 9.17) is 16.3 Å². The minimum Gasteiger partial charge on any atom is -0.497 e. The third kappa shape index (κ3) is 3.36. The molecule has 0 spiro atoms. The quantitative estimate of drug-likeness (QED) is 0.576. The van der Waals surface area contributed by atoms with E-state index in [2.05, 4.69) is 28.7 Å². The highest BCUT2D eigenvalue weighted by Gasteiger charge is 2.04. The molecular weight excluding hydrogens is 320 g/mol. The van der Waals surface area contributed by atoms with Gasteiger partial charge in [-0.1, -0.05) is 17.7 Å². The number of hydrogen-bond donors (Lipinski definition) is 0. The summed E-state index contributed by atoms with van der Waals surface area (Å²) in [5.41, 5.74) is 5.15. The van der Waals surface area contributed by atoms with Gasteiger partial charge >= 0.3 is 0 Å². The number of aromatic nitrogens is 1. The molecule has 0 unspecified atom stereocenters. The first-order valence-electron chi connectivity index (χ1n) is 7.71. The molecule has 0 atom stereocenters. The van der Waals surface area contributed by atoms with Crippen molar-refractivity contribution in [1.29, 1.82) is 0 Å². The van der Waals surface area contributed by atoms with E-state index in [0.717, 1.165) is 39.0 Å². The third-order valence-corrected chi connectivity index (χ3v) is 4.39. The predicted octanol–water partition coefficient (Wildman–Crippen LogP) is 5.51. The Balaban J connectivity index is 1.88. The number of benzene rings is 2. The Bertz CT molecular complexity index is 879. The first-order valence-corrected chi connectivity index (χ1v) is 8.09. The Hall–Kier alpha value is -2.52. The normalized spacial score (nSPS) is 11.2. The second-order valence-corrected chi connectivity index (χ2v) is 6.03. The summed E-state index contributed by atoms with van der Waals surface area (Å²) in [6.07, 6.45) is 3.94. The van der Waals surface area contributed by atoms with E-state index in [-0.39, 0.29) is 0 Å². The number of methoxy groups -OCH3 is 1. The topological polar surface area (TPSA) is 26.5 Å². The molecule has 0 aliphatic carbocycles. The Morgan fingerprint density at radius 1 is 1.08 bits per heavy atom. The highest BCUT2D eigenvalue weighted by Crippen LogP contribution is 2.25. The standard InChI is InChI=1S/C20H19ClN2O/c1-14-11-16(12-22-20-6-4-5-19(21)15(20)2)13-23(14)17-7-9-18(24-3)10-8-17/h4-13H,1-3H3. The van der Waals surface area contributed by atoms with Crippen molar-refractivity contribution in [2.24, 2.45) is 4.99 Å². The minimum atomic E-state index is 0.733. The van der Waals surface area contributed by atoms with E-state index in [9.17, 15) is 0 Å². The smallest absolute Gasteiger partial charge is 0.119 e. The number of ether oxygens (including phenoxy) is 1. The lowest BCUT2D eigenvalue weighted by molar-refractivity contribution is 0.414. The van der Waals surface area contributed by atoms with Crippen molar-refractivity contribution in [2.75, 3.05) is 7.11 Å². The number of rotatable bonds is 4. The molecule has 0 saturated heterocycles. The molecule has 3 aromatic rings. The summed E-state index contributed by atoms with van der Waals surface area (Å²) < 4.78 is 7.34. The van der Waals surface area contributed by atoms with Gasteiger partial charge in [0, 0.05) is 34.4 Å². The Morgan fingerprint density at radius 3 is 2.54 bits per heavy atom. The SMILES string of the molecule is COc1ccc(-n2cc(C=Nc3cccc(Cl)c3C)cc2C)cc1. The van der Waals surface area contributed by atoms with Crippen LogP contribution in [-0.4, -0.2) is 17.9 Å². The summed E-state index contributed by atoms with van der Waals surface area (Å²) in [5, 5.41) is 0.733. The van der Waals surface area contributed by atoms with Crippen molar-refractivity contribution in [1.82, 2.24) is 4.57 Å². The van der Waals surface area contributed by atoms with Gasteiger partial charge in [0.15, 0.2) is 0 Å². The van der Waals surface area contributed by atoms with Crippen LogP contribution in [0.1, 0.15) is 16.8 Å². The number of aliphatic imine (C=N–C) groups is 1. The molecule has 0 saturated carbocycles. The summed E-state index contributed by atoms with van der Waals surface area (Å²) >= 11 is 6.14. The maximum Gasteiger partial charge on any atom is 0.119 e.